The lowest BCUT2D eigenvalue weighted by atomic mass is 10.1. The zero-order valence-electron chi connectivity index (χ0n) is 15.8. The maximum atomic E-state index is 12.9. The second kappa shape index (κ2) is 7.34. The van der Waals surface area contributed by atoms with Crippen molar-refractivity contribution < 1.29 is 4.79 Å². The lowest BCUT2D eigenvalue weighted by Gasteiger charge is -2.28. The maximum Gasteiger partial charge on any atom is 0.293 e. The molecule has 0 aliphatic carbocycles. The first-order valence-electron chi connectivity index (χ1n) is 9.51. The van der Waals surface area contributed by atoms with Gasteiger partial charge in [0.15, 0.2) is 5.65 Å². The first kappa shape index (κ1) is 17.5. The molecule has 0 atom stereocenters. The van der Waals surface area contributed by atoms with E-state index in [0.29, 0.717) is 5.65 Å². The van der Waals surface area contributed by atoms with Crippen molar-refractivity contribution in [1.82, 2.24) is 19.7 Å². The summed E-state index contributed by atoms with van der Waals surface area (Å²) in [6.07, 6.45) is 6.27. The van der Waals surface area contributed by atoms with Crippen molar-refractivity contribution in [2.45, 2.75) is 32.6 Å². The second-order valence-electron chi connectivity index (χ2n) is 6.92. The highest BCUT2D eigenvalue weighted by atomic mass is 16.2. The quantitative estimate of drug-likeness (QED) is 0.769. The van der Waals surface area contributed by atoms with Crippen molar-refractivity contribution in [2.75, 3.05) is 23.3 Å². The van der Waals surface area contributed by atoms with E-state index in [0.717, 1.165) is 54.8 Å². The zero-order chi connectivity index (χ0) is 18.8. The number of anilines is 2. The lowest BCUT2D eigenvalue weighted by molar-refractivity contribution is 0.101. The number of aromatic nitrogens is 4. The van der Waals surface area contributed by atoms with Crippen LogP contribution in [0.1, 0.15) is 42.4 Å². The lowest BCUT2D eigenvalue weighted by Crippen LogP contribution is -2.31. The van der Waals surface area contributed by atoms with Crippen molar-refractivity contribution in [3.05, 3.63) is 41.9 Å². The Hall–Kier alpha value is -2.96. The van der Waals surface area contributed by atoms with Gasteiger partial charge >= 0.3 is 0 Å². The van der Waals surface area contributed by atoms with Crippen LogP contribution in [0.3, 0.4) is 0 Å². The summed E-state index contributed by atoms with van der Waals surface area (Å²) < 4.78 is 1.72. The smallest absolute Gasteiger partial charge is 0.293 e. The number of fused-ring (bicyclic) bond motifs is 1. The highest BCUT2D eigenvalue weighted by molar-refractivity contribution is 6.03. The van der Waals surface area contributed by atoms with E-state index in [2.05, 4.69) is 32.2 Å². The Morgan fingerprint density at radius 3 is 2.70 bits per heavy atom. The molecule has 0 bridgehead atoms. The van der Waals surface area contributed by atoms with Gasteiger partial charge in [-0.25, -0.2) is 9.97 Å². The fourth-order valence-corrected chi connectivity index (χ4v) is 3.58. The first-order chi connectivity index (χ1) is 13.2. The normalized spacial score (nSPS) is 14.5. The summed E-state index contributed by atoms with van der Waals surface area (Å²) >= 11 is 0. The van der Waals surface area contributed by atoms with Crippen LogP contribution in [0.25, 0.3) is 11.0 Å². The topological polar surface area (TPSA) is 75.9 Å². The molecule has 0 saturated carbocycles. The summed E-state index contributed by atoms with van der Waals surface area (Å²) in [6.45, 7) is 3.96. The van der Waals surface area contributed by atoms with Gasteiger partial charge in [-0.15, -0.1) is 0 Å². The number of hydrogen-bond donors (Lipinski definition) is 1. The van der Waals surface area contributed by atoms with E-state index < -0.39 is 0 Å². The summed E-state index contributed by atoms with van der Waals surface area (Å²) in [4.78, 5) is 24.2. The molecule has 1 aliphatic heterocycles. The largest absolute Gasteiger partial charge is 0.356 e. The Morgan fingerprint density at radius 1 is 1.15 bits per heavy atom. The average molecular weight is 364 g/mol. The molecule has 1 fully saturated rings. The van der Waals surface area contributed by atoms with Gasteiger partial charge in [-0.3, -0.25) is 9.48 Å². The van der Waals surface area contributed by atoms with Gasteiger partial charge in [-0.1, -0.05) is 25.1 Å². The van der Waals surface area contributed by atoms with Crippen LogP contribution in [0.15, 0.2) is 30.5 Å². The van der Waals surface area contributed by atoms with Crippen LogP contribution < -0.4 is 10.2 Å². The van der Waals surface area contributed by atoms with Crippen molar-refractivity contribution in [2.24, 2.45) is 7.05 Å². The molecule has 27 heavy (non-hydrogen) atoms. The molecule has 7 heteroatoms. The number of hydrogen-bond acceptors (Lipinski definition) is 5. The van der Waals surface area contributed by atoms with Gasteiger partial charge < -0.3 is 10.2 Å². The average Bonchev–Trinajstić information content (AvgIpc) is 3.08. The van der Waals surface area contributed by atoms with Gasteiger partial charge in [0.2, 0.25) is 5.82 Å². The SMILES string of the molecule is CCc1ccccc1NC(=O)c1nc(N2CCCCC2)c2cn(C)nc2n1. The first-order valence-corrected chi connectivity index (χ1v) is 9.51. The summed E-state index contributed by atoms with van der Waals surface area (Å²) in [6, 6.07) is 7.80. The third kappa shape index (κ3) is 3.49. The molecule has 0 unspecified atom stereocenters. The Balaban J connectivity index is 1.71. The number of para-hydroxylation sites is 1. The molecule has 1 amide bonds. The van der Waals surface area contributed by atoms with E-state index in [1.54, 1.807) is 4.68 Å². The van der Waals surface area contributed by atoms with E-state index in [4.69, 9.17) is 0 Å². The minimum absolute atomic E-state index is 0.160. The van der Waals surface area contributed by atoms with Crippen molar-refractivity contribution >= 4 is 28.4 Å². The van der Waals surface area contributed by atoms with Crippen molar-refractivity contribution in [1.29, 1.82) is 0 Å². The molecule has 0 radical (unpaired) electrons. The van der Waals surface area contributed by atoms with E-state index in [-0.39, 0.29) is 11.7 Å². The molecule has 1 aliphatic rings. The number of carbonyl (C=O) groups is 1. The monoisotopic (exact) mass is 364 g/mol. The van der Waals surface area contributed by atoms with Crippen molar-refractivity contribution in [3.8, 4) is 0 Å². The molecule has 7 nitrogen and oxygen atoms in total. The van der Waals surface area contributed by atoms with Gasteiger partial charge in [-0.2, -0.15) is 5.10 Å². The Kier molecular flexibility index (Phi) is 4.75. The summed E-state index contributed by atoms with van der Waals surface area (Å²) in [5, 5.41) is 8.27. The number of aryl methyl sites for hydroxylation is 2. The van der Waals surface area contributed by atoms with E-state index >= 15 is 0 Å². The minimum atomic E-state index is -0.304. The molecule has 1 N–H and O–H groups in total. The number of carbonyl (C=O) groups excluding carboxylic acids is 1. The summed E-state index contributed by atoms with van der Waals surface area (Å²) in [7, 11) is 1.86. The molecule has 1 aromatic carbocycles. The molecule has 2 aromatic heterocycles. The molecule has 3 aromatic rings. The third-order valence-electron chi connectivity index (χ3n) is 4.98. The molecule has 1 saturated heterocycles. The molecule has 0 spiro atoms. The van der Waals surface area contributed by atoms with E-state index in [1.165, 1.54) is 6.42 Å². The van der Waals surface area contributed by atoms with Crippen LogP contribution in [0.5, 0.6) is 0 Å². The highest BCUT2D eigenvalue weighted by Crippen LogP contribution is 2.26. The van der Waals surface area contributed by atoms with Gasteiger partial charge in [0.05, 0.1) is 5.39 Å². The van der Waals surface area contributed by atoms with Gasteiger partial charge in [0.1, 0.15) is 5.82 Å². The fourth-order valence-electron chi connectivity index (χ4n) is 3.58. The van der Waals surface area contributed by atoms with Crippen LogP contribution in [-0.4, -0.2) is 38.7 Å². The fraction of sp³-hybridized carbons (Fsp3) is 0.400. The van der Waals surface area contributed by atoms with Crippen LogP contribution in [0.4, 0.5) is 11.5 Å². The summed E-state index contributed by atoms with van der Waals surface area (Å²) in [5.41, 5.74) is 2.44. The van der Waals surface area contributed by atoms with Gasteiger partial charge in [0.25, 0.3) is 5.91 Å². The number of piperidine rings is 1. The van der Waals surface area contributed by atoms with Crippen LogP contribution in [0.2, 0.25) is 0 Å². The summed E-state index contributed by atoms with van der Waals surface area (Å²) in [5.74, 6) is 0.663. The van der Waals surface area contributed by atoms with Gasteiger partial charge in [-0.05, 0) is 37.3 Å². The third-order valence-corrected chi connectivity index (χ3v) is 4.98. The number of rotatable bonds is 4. The number of amides is 1. The van der Waals surface area contributed by atoms with E-state index in [9.17, 15) is 4.79 Å². The van der Waals surface area contributed by atoms with Crippen molar-refractivity contribution in [3.63, 3.8) is 0 Å². The van der Waals surface area contributed by atoms with Crippen LogP contribution in [0, 0.1) is 0 Å². The Labute approximate surface area is 158 Å². The zero-order valence-corrected chi connectivity index (χ0v) is 15.8. The molecule has 4 rings (SSSR count). The highest BCUT2D eigenvalue weighted by Gasteiger charge is 2.21. The number of nitrogens with zero attached hydrogens (tertiary/aromatic N) is 5. The standard InChI is InChI=1S/C20H24N6O/c1-3-14-9-5-6-10-16(14)21-20(27)18-22-17-15(13-25(2)24-17)19(23-18)26-11-7-4-8-12-26/h5-6,9-10,13H,3-4,7-8,11-12H2,1-2H3,(H,21,27). The molecule has 140 valence electrons. The van der Waals surface area contributed by atoms with Crippen LogP contribution >= 0.6 is 0 Å². The number of benzene rings is 1. The Bertz CT molecular complexity index is 974. The minimum Gasteiger partial charge on any atom is -0.356 e. The molecular weight excluding hydrogens is 340 g/mol. The molecular formula is C20H24N6O. The number of nitrogens with one attached hydrogen (secondary N) is 1. The molecule has 3 heterocycles. The predicted octanol–water partition coefficient (Wildman–Crippen LogP) is 3.17. The maximum absolute atomic E-state index is 12.9. The van der Waals surface area contributed by atoms with Gasteiger partial charge in [0, 0.05) is 32.0 Å². The Morgan fingerprint density at radius 2 is 1.93 bits per heavy atom. The predicted molar refractivity (Wildman–Crippen MR) is 106 cm³/mol. The van der Waals surface area contributed by atoms with Crippen LogP contribution in [-0.2, 0) is 13.5 Å². The second-order valence-corrected chi connectivity index (χ2v) is 6.92. The van der Waals surface area contributed by atoms with E-state index in [1.807, 2.05) is 37.5 Å².